The lowest BCUT2D eigenvalue weighted by atomic mass is 9.92. The predicted molar refractivity (Wildman–Crippen MR) is 89.3 cm³/mol. The topological polar surface area (TPSA) is 116 Å². The summed E-state index contributed by atoms with van der Waals surface area (Å²) in [5, 5.41) is 19.4. The number of benzene rings is 2. The predicted octanol–water partition coefficient (Wildman–Crippen LogP) is 2.56. The number of carboxylic acid groups (broad SMARTS) is 1. The second-order valence-electron chi connectivity index (χ2n) is 5.59. The van der Waals surface area contributed by atoms with Gasteiger partial charge in [0.2, 0.25) is 5.91 Å². The van der Waals surface area contributed by atoms with Crippen LogP contribution in [0, 0.1) is 11.3 Å². The maximum atomic E-state index is 11.7. The molecule has 9 heteroatoms. The van der Waals surface area contributed by atoms with Gasteiger partial charge in [0.05, 0.1) is 11.6 Å². The number of halogens is 3. The van der Waals surface area contributed by atoms with Gasteiger partial charge in [0, 0.05) is 18.7 Å². The van der Waals surface area contributed by atoms with Gasteiger partial charge in [-0.1, -0.05) is 24.3 Å². The van der Waals surface area contributed by atoms with Crippen LogP contribution in [0.2, 0.25) is 0 Å². The van der Waals surface area contributed by atoms with E-state index < -0.39 is 18.1 Å². The van der Waals surface area contributed by atoms with Crippen molar-refractivity contribution in [2.45, 2.75) is 19.3 Å². The lowest BCUT2D eigenvalue weighted by molar-refractivity contribution is -0.192. The van der Waals surface area contributed by atoms with Crippen molar-refractivity contribution in [3.8, 4) is 17.2 Å². The lowest BCUT2D eigenvalue weighted by Crippen LogP contribution is -2.21. The zero-order valence-electron chi connectivity index (χ0n) is 13.8. The van der Waals surface area contributed by atoms with E-state index in [4.69, 9.17) is 20.9 Å². The molecule has 1 aliphatic rings. The third kappa shape index (κ3) is 4.62. The number of hydrogen-bond acceptors (Lipinski definition) is 4. The summed E-state index contributed by atoms with van der Waals surface area (Å²) in [7, 11) is 0. The average Bonchev–Trinajstić information content (AvgIpc) is 3.09. The molecule has 0 saturated carbocycles. The Morgan fingerprint density at radius 2 is 1.81 bits per heavy atom. The van der Waals surface area contributed by atoms with Crippen LogP contribution in [0.5, 0.6) is 0 Å². The summed E-state index contributed by atoms with van der Waals surface area (Å²) in [6.45, 7) is 1.62. The highest BCUT2D eigenvalue weighted by Gasteiger charge is 2.38. The highest BCUT2D eigenvalue weighted by Crippen LogP contribution is 2.31. The quantitative estimate of drug-likeness (QED) is 0.744. The number of carbonyl (C=O) groups excluding carboxylic acids is 1. The number of carbonyl (C=O) groups is 2. The van der Waals surface area contributed by atoms with Crippen molar-refractivity contribution in [1.29, 1.82) is 5.26 Å². The first-order valence-electron chi connectivity index (χ1n) is 7.61. The fourth-order valence-electron chi connectivity index (χ4n) is 2.64. The zero-order valence-corrected chi connectivity index (χ0v) is 13.8. The number of primary amides is 1. The van der Waals surface area contributed by atoms with Gasteiger partial charge in [-0.2, -0.15) is 18.4 Å². The number of alkyl halides is 3. The monoisotopic (exact) mass is 377 g/mol. The Bertz CT molecular complexity index is 934. The van der Waals surface area contributed by atoms with E-state index in [0.29, 0.717) is 11.1 Å². The number of nitrogens with two attached hydrogens (primary N) is 1. The second-order valence-corrected chi connectivity index (χ2v) is 5.59. The summed E-state index contributed by atoms with van der Waals surface area (Å²) in [6.07, 6.45) is -5.08. The molecule has 0 bridgehead atoms. The number of fused-ring (bicyclic) bond motifs is 1. The van der Waals surface area contributed by atoms with Crippen LogP contribution in [0.3, 0.4) is 0 Å². The molecule has 3 rings (SSSR count). The summed E-state index contributed by atoms with van der Waals surface area (Å²) in [5.74, 6) is -3.27. The van der Waals surface area contributed by atoms with Crippen LogP contribution in [-0.4, -0.2) is 23.2 Å². The number of rotatable bonds is 2. The summed E-state index contributed by atoms with van der Waals surface area (Å²) in [6, 6.07) is 13.1. The van der Waals surface area contributed by atoms with E-state index in [1.54, 1.807) is 18.2 Å². The Balaban J connectivity index is 0.000000321. The summed E-state index contributed by atoms with van der Waals surface area (Å²) in [4.78, 5) is 20.6. The number of nitrogens with zero attached hydrogens (tertiary/aromatic N) is 1. The molecule has 2 aromatic rings. The molecule has 6 nitrogen and oxygen atoms in total. The van der Waals surface area contributed by atoms with E-state index >= 15 is 0 Å². The first kappa shape index (κ1) is 19.9. The van der Waals surface area contributed by atoms with E-state index in [1.165, 1.54) is 11.1 Å². The number of nitrogens with one attached hydrogen (secondary N) is 1. The Morgan fingerprint density at radius 1 is 1.15 bits per heavy atom. The SMILES string of the molecule is N#Cc1ccc(-c2cccc3c2CNC3)c(C(N)=O)c1.O=C(O)C(F)(F)F. The number of aliphatic carboxylic acids is 1. The molecule has 2 aromatic carbocycles. The minimum atomic E-state index is -5.08. The van der Waals surface area contributed by atoms with Gasteiger partial charge < -0.3 is 16.2 Å². The molecule has 1 heterocycles. The van der Waals surface area contributed by atoms with Crippen molar-refractivity contribution in [2.75, 3.05) is 0 Å². The first-order chi connectivity index (χ1) is 12.6. The highest BCUT2D eigenvalue weighted by atomic mass is 19.4. The minimum Gasteiger partial charge on any atom is -0.475 e. The van der Waals surface area contributed by atoms with E-state index in [-0.39, 0.29) is 0 Å². The van der Waals surface area contributed by atoms with Crippen LogP contribution in [0.4, 0.5) is 13.2 Å². The van der Waals surface area contributed by atoms with Crippen molar-refractivity contribution in [3.05, 3.63) is 58.7 Å². The molecule has 0 aliphatic carbocycles. The summed E-state index contributed by atoms with van der Waals surface area (Å²) < 4.78 is 31.7. The summed E-state index contributed by atoms with van der Waals surface area (Å²) in [5.41, 5.74) is 10.5. The van der Waals surface area contributed by atoms with Crippen molar-refractivity contribution < 1.29 is 27.9 Å². The fraction of sp³-hybridized carbons (Fsp3) is 0.167. The van der Waals surface area contributed by atoms with Gasteiger partial charge in [0.1, 0.15) is 0 Å². The number of amides is 1. The van der Waals surface area contributed by atoms with Gasteiger partial charge in [0.15, 0.2) is 0 Å². The molecule has 0 saturated heterocycles. The Hall–Kier alpha value is -3.38. The van der Waals surface area contributed by atoms with E-state index in [1.807, 2.05) is 18.2 Å². The Labute approximate surface area is 152 Å². The molecule has 0 fully saturated rings. The van der Waals surface area contributed by atoms with Crippen molar-refractivity contribution in [2.24, 2.45) is 5.73 Å². The molecule has 0 spiro atoms. The smallest absolute Gasteiger partial charge is 0.475 e. The average molecular weight is 377 g/mol. The Kier molecular flexibility index (Phi) is 5.82. The maximum absolute atomic E-state index is 11.7. The molecule has 27 heavy (non-hydrogen) atoms. The van der Waals surface area contributed by atoms with E-state index in [0.717, 1.165) is 24.2 Å². The third-order valence-electron chi connectivity index (χ3n) is 3.84. The first-order valence-corrected chi connectivity index (χ1v) is 7.61. The third-order valence-corrected chi connectivity index (χ3v) is 3.84. The van der Waals surface area contributed by atoms with Crippen LogP contribution >= 0.6 is 0 Å². The minimum absolute atomic E-state index is 0.393. The fourth-order valence-corrected chi connectivity index (χ4v) is 2.64. The molecule has 0 atom stereocenters. The summed E-state index contributed by atoms with van der Waals surface area (Å²) >= 11 is 0. The molecule has 140 valence electrons. The molecule has 0 aromatic heterocycles. The van der Waals surface area contributed by atoms with Gasteiger partial charge in [-0.15, -0.1) is 0 Å². The van der Waals surface area contributed by atoms with Crippen LogP contribution in [0.25, 0.3) is 11.1 Å². The molecule has 1 aliphatic heterocycles. The largest absolute Gasteiger partial charge is 0.490 e. The van der Waals surface area contributed by atoms with Crippen molar-refractivity contribution in [1.82, 2.24) is 5.32 Å². The number of carboxylic acids is 1. The van der Waals surface area contributed by atoms with Crippen LogP contribution in [0.15, 0.2) is 36.4 Å². The Morgan fingerprint density at radius 3 is 2.37 bits per heavy atom. The van der Waals surface area contributed by atoms with Gasteiger partial charge in [-0.3, -0.25) is 4.79 Å². The molecule has 0 radical (unpaired) electrons. The number of nitriles is 1. The maximum Gasteiger partial charge on any atom is 0.490 e. The molecule has 1 amide bonds. The number of hydrogen-bond donors (Lipinski definition) is 3. The van der Waals surface area contributed by atoms with E-state index in [9.17, 15) is 18.0 Å². The van der Waals surface area contributed by atoms with Gasteiger partial charge in [-0.25, -0.2) is 4.79 Å². The van der Waals surface area contributed by atoms with Gasteiger partial charge >= 0.3 is 12.1 Å². The highest BCUT2D eigenvalue weighted by molar-refractivity contribution is 6.00. The normalized spacial score (nSPS) is 12.4. The van der Waals surface area contributed by atoms with Crippen LogP contribution in [0.1, 0.15) is 27.0 Å². The van der Waals surface area contributed by atoms with Crippen molar-refractivity contribution in [3.63, 3.8) is 0 Å². The standard InChI is InChI=1S/C16H13N3O.C2HF3O2/c17-7-10-4-5-13(14(6-10)16(18)20)12-3-1-2-11-8-19-9-15(11)12;3-2(4,5)1(6)7/h1-6,19H,8-9H2,(H2,18,20);(H,6,7). The van der Waals surface area contributed by atoms with E-state index in [2.05, 4.69) is 11.4 Å². The van der Waals surface area contributed by atoms with Gasteiger partial charge in [0.25, 0.3) is 0 Å². The van der Waals surface area contributed by atoms with Gasteiger partial charge in [-0.05, 0) is 34.4 Å². The molecular weight excluding hydrogens is 363 g/mol. The van der Waals surface area contributed by atoms with Crippen LogP contribution < -0.4 is 11.1 Å². The molecule has 4 N–H and O–H groups in total. The second kappa shape index (κ2) is 7.88. The van der Waals surface area contributed by atoms with Crippen molar-refractivity contribution >= 4 is 11.9 Å². The zero-order chi connectivity index (χ0) is 20.2. The van der Waals surface area contributed by atoms with Crippen LogP contribution in [-0.2, 0) is 17.9 Å². The molecular formula is C18H14F3N3O3. The lowest BCUT2D eigenvalue weighted by Gasteiger charge is -2.11. The molecule has 0 unspecified atom stereocenters.